The van der Waals surface area contributed by atoms with Crippen molar-refractivity contribution in [3.05, 3.63) is 30.3 Å². The summed E-state index contributed by atoms with van der Waals surface area (Å²) in [5.41, 5.74) is 1.29. The van der Waals surface area contributed by atoms with E-state index in [4.69, 9.17) is 14.6 Å². The van der Waals surface area contributed by atoms with Crippen LogP contribution in [-0.2, 0) is 9.47 Å². The number of anilines is 1. The zero-order valence-corrected chi connectivity index (χ0v) is 12.5. The van der Waals surface area contributed by atoms with Gasteiger partial charge in [-0.05, 0) is 31.9 Å². The van der Waals surface area contributed by atoms with Gasteiger partial charge in [-0.3, -0.25) is 0 Å². The lowest BCUT2D eigenvalue weighted by Gasteiger charge is -2.23. The molecule has 0 aromatic heterocycles. The number of hydrogen-bond donors (Lipinski definition) is 1. The van der Waals surface area contributed by atoms with Gasteiger partial charge in [-0.1, -0.05) is 18.2 Å². The molecule has 0 atom stereocenters. The number of aliphatic hydroxyl groups is 1. The summed E-state index contributed by atoms with van der Waals surface area (Å²) < 4.78 is 10.6. The van der Waals surface area contributed by atoms with Crippen LogP contribution in [0, 0.1) is 0 Å². The SMILES string of the molecule is CCN(CCCCOCCOCCO)c1ccccc1. The van der Waals surface area contributed by atoms with Gasteiger partial charge in [0.15, 0.2) is 0 Å². The Bertz CT molecular complexity index is 319. The fourth-order valence-corrected chi connectivity index (χ4v) is 2.00. The predicted octanol–water partition coefficient (Wildman–Crippen LogP) is 2.32. The highest BCUT2D eigenvalue weighted by atomic mass is 16.5. The number of benzene rings is 1. The highest BCUT2D eigenvalue weighted by molar-refractivity contribution is 5.45. The summed E-state index contributed by atoms with van der Waals surface area (Å²) in [6, 6.07) is 10.5. The fraction of sp³-hybridized carbons (Fsp3) is 0.625. The molecule has 1 N–H and O–H groups in total. The quantitative estimate of drug-likeness (QED) is 0.597. The highest BCUT2D eigenvalue weighted by Gasteiger charge is 2.02. The van der Waals surface area contributed by atoms with E-state index in [0.717, 1.165) is 32.5 Å². The van der Waals surface area contributed by atoms with E-state index < -0.39 is 0 Å². The average Bonchev–Trinajstić information content (AvgIpc) is 2.50. The zero-order chi connectivity index (χ0) is 14.5. The number of aliphatic hydroxyl groups excluding tert-OH is 1. The second kappa shape index (κ2) is 11.7. The van der Waals surface area contributed by atoms with Gasteiger partial charge in [0.25, 0.3) is 0 Å². The lowest BCUT2D eigenvalue weighted by atomic mass is 10.2. The minimum atomic E-state index is 0.0757. The third-order valence-corrected chi connectivity index (χ3v) is 3.08. The lowest BCUT2D eigenvalue weighted by Crippen LogP contribution is -2.24. The Kier molecular flexibility index (Phi) is 9.92. The molecule has 0 fully saturated rings. The number of para-hydroxylation sites is 1. The van der Waals surface area contributed by atoms with E-state index in [2.05, 4.69) is 36.1 Å². The van der Waals surface area contributed by atoms with Crippen molar-refractivity contribution in [3.8, 4) is 0 Å². The molecule has 114 valence electrons. The van der Waals surface area contributed by atoms with Gasteiger partial charge in [-0.25, -0.2) is 0 Å². The third kappa shape index (κ3) is 7.48. The van der Waals surface area contributed by atoms with E-state index in [1.807, 2.05) is 6.07 Å². The van der Waals surface area contributed by atoms with E-state index >= 15 is 0 Å². The number of nitrogens with zero attached hydrogens (tertiary/aromatic N) is 1. The summed E-state index contributed by atoms with van der Waals surface area (Å²) in [5, 5.41) is 8.54. The number of ether oxygens (including phenoxy) is 2. The fourth-order valence-electron chi connectivity index (χ4n) is 2.00. The van der Waals surface area contributed by atoms with Crippen LogP contribution in [0.25, 0.3) is 0 Å². The van der Waals surface area contributed by atoms with Gasteiger partial charge < -0.3 is 19.5 Å². The van der Waals surface area contributed by atoms with Crippen LogP contribution < -0.4 is 4.90 Å². The molecule has 0 radical (unpaired) electrons. The minimum absolute atomic E-state index is 0.0757. The Morgan fingerprint density at radius 1 is 0.950 bits per heavy atom. The van der Waals surface area contributed by atoms with Gasteiger partial charge in [-0.15, -0.1) is 0 Å². The Hall–Kier alpha value is -1.10. The van der Waals surface area contributed by atoms with Crippen LogP contribution in [0.3, 0.4) is 0 Å². The first-order chi connectivity index (χ1) is 9.88. The maximum absolute atomic E-state index is 8.54. The Morgan fingerprint density at radius 3 is 2.30 bits per heavy atom. The molecule has 0 bridgehead atoms. The van der Waals surface area contributed by atoms with E-state index in [-0.39, 0.29) is 6.61 Å². The highest BCUT2D eigenvalue weighted by Crippen LogP contribution is 2.13. The van der Waals surface area contributed by atoms with Crippen LogP contribution in [0.15, 0.2) is 30.3 Å². The number of rotatable bonds is 12. The van der Waals surface area contributed by atoms with Gasteiger partial charge in [0.05, 0.1) is 26.4 Å². The largest absolute Gasteiger partial charge is 0.394 e. The summed E-state index contributed by atoms with van der Waals surface area (Å²) in [7, 11) is 0. The smallest absolute Gasteiger partial charge is 0.0701 e. The second-order valence-electron chi connectivity index (χ2n) is 4.57. The molecule has 0 aliphatic carbocycles. The molecule has 0 saturated heterocycles. The summed E-state index contributed by atoms with van der Waals surface area (Å²) in [6.07, 6.45) is 2.18. The van der Waals surface area contributed by atoms with Crippen LogP contribution in [0.5, 0.6) is 0 Å². The standard InChI is InChI=1S/C16H27NO3/c1-2-17(16-8-4-3-5-9-16)10-6-7-12-19-14-15-20-13-11-18/h3-5,8-9,18H,2,6-7,10-15H2,1H3. The maximum atomic E-state index is 8.54. The Balaban J connectivity index is 2.02. The van der Waals surface area contributed by atoms with Gasteiger partial charge >= 0.3 is 0 Å². The third-order valence-electron chi connectivity index (χ3n) is 3.08. The molecule has 1 rings (SSSR count). The molecule has 4 heteroatoms. The topological polar surface area (TPSA) is 41.9 Å². The lowest BCUT2D eigenvalue weighted by molar-refractivity contribution is 0.0323. The molecular formula is C16H27NO3. The van der Waals surface area contributed by atoms with Gasteiger partial charge in [0, 0.05) is 25.4 Å². The Morgan fingerprint density at radius 2 is 1.65 bits per heavy atom. The van der Waals surface area contributed by atoms with Crippen LogP contribution in [0.1, 0.15) is 19.8 Å². The summed E-state index contributed by atoms with van der Waals surface area (Å²) in [6.45, 7) is 6.68. The van der Waals surface area contributed by atoms with Crippen LogP contribution in [0.2, 0.25) is 0 Å². The van der Waals surface area contributed by atoms with E-state index in [1.54, 1.807) is 0 Å². The van der Waals surface area contributed by atoms with Gasteiger partial charge in [0.1, 0.15) is 0 Å². The van der Waals surface area contributed by atoms with Crippen LogP contribution in [-0.4, -0.2) is 51.2 Å². The monoisotopic (exact) mass is 281 g/mol. The molecule has 1 aromatic carbocycles. The van der Waals surface area contributed by atoms with E-state index in [9.17, 15) is 0 Å². The molecule has 0 spiro atoms. The summed E-state index contributed by atoms with van der Waals surface area (Å²) in [5.74, 6) is 0. The van der Waals surface area contributed by atoms with Crippen LogP contribution >= 0.6 is 0 Å². The first-order valence-corrected chi connectivity index (χ1v) is 7.44. The van der Waals surface area contributed by atoms with Crippen LogP contribution in [0.4, 0.5) is 5.69 Å². The molecular weight excluding hydrogens is 254 g/mol. The van der Waals surface area contributed by atoms with Crippen molar-refractivity contribution in [2.45, 2.75) is 19.8 Å². The number of unbranched alkanes of at least 4 members (excludes halogenated alkanes) is 1. The predicted molar refractivity (Wildman–Crippen MR) is 82.3 cm³/mol. The normalized spacial score (nSPS) is 10.7. The van der Waals surface area contributed by atoms with E-state index in [0.29, 0.717) is 19.8 Å². The molecule has 0 saturated carbocycles. The van der Waals surface area contributed by atoms with E-state index in [1.165, 1.54) is 5.69 Å². The van der Waals surface area contributed by atoms with Gasteiger partial charge in [-0.2, -0.15) is 0 Å². The summed E-state index contributed by atoms with van der Waals surface area (Å²) in [4.78, 5) is 2.38. The van der Waals surface area contributed by atoms with Crippen molar-refractivity contribution >= 4 is 5.69 Å². The molecule has 0 unspecified atom stereocenters. The molecule has 0 heterocycles. The average molecular weight is 281 g/mol. The molecule has 0 aliphatic heterocycles. The molecule has 0 aliphatic rings. The first-order valence-electron chi connectivity index (χ1n) is 7.44. The Labute approximate surface area is 122 Å². The van der Waals surface area contributed by atoms with Crippen molar-refractivity contribution in [1.29, 1.82) is 0 Å². The molecule has 20 heavy (non-hydrogen) atoms. The van der Waals surface area contributed by atoms with Crippen molar-refractivity contribution in [2.24, 2.45) is 0 Å². The second-order valence-corrected chi connectivity index (χ2v) is 4.57. The molecule has 4 nitrogen and oxygen atoms in total. The summed E-state index contributed by atoms with van der Waals surface area (Å²) >= 11 is 0. The first kappa shape index (κ1) is 17.0. The van der Waals surface area contributed by atoms with Crippen molar-refractivity contribution in [1.82, 2.24) is 0 Å². The van der Waals surface area contributed by atoms with Crippen molar-refractivity contribution in [3.63, 3.8) is 0 Å². The molecule has 0 amide bonds. The zero-order valence-electron chi connectivity index (χ0n) is 12.5. The van der Waals surface area contributed by atoms with Crippen molar-refractivity contribution in [2.75, 3.05) is 51.0 Å². The van der Waals surface area contributed by atoms with Crippen molar-refractivity contribution < 1.29 is 14.6 Å². The molecule has 1 aromatic rings. The number of hydrogen-bond acceptors (Lipinski definition) is 4. The maximum Gasteiger partial charge on any atom is 0.0701 e. The van der Waals surface area contributed by atoms with Gasteiger partial charge in [0.2, 0.25) is 0 Å². The minimum Gasteiger partial charge on any atom is -0.394 e.